The van der Waals surface area contributed by atoms with Gasteiger partial charge in [-0.15, -0.1) is 0 Å². The molecule has 0 radical (unpaired) electrons. The molecular formula is C30H38O4. The number of carboxylic acid groups (broad SMARTS) is 1. The number of benzene rings is 2. The van der Waals surface area contributed by atoms with E-state index in [1.54, 1.807) is 0 Å². The summed E-state index contributed by atoms with van der Waals surface area (Å²) in [7, 11) is 0. The van der Waals surface area contributed by atoms with Gasteiger partial charge in [0, 0.05) is 5.41 Å². The number of rotatable bonds is 8. The zero-order valence-electron chi connectivity index (χ0n) is 20.9. The molecule has 3 aliphatic carbocycles. The van der Waals surface area contributed by atoms with Crippen LogP contribution in [0.25, 0.3) is 0 Å². The van der Waals surface area contributed by atoms with Crippen molar-refractivity contribution >= 4 is 5.97 Å². The summed E-state index contributed by atoms with van der Waals surface area (Å²) in [5.41, 5.74) is 5.10. The molecule has 3 unspecified atom stereocenters. The Hall–Kier alpha value is -2.49. The highest BCUT2D eigenvalue weighted by Gasteiger charge is 2.60. The van der Waals surface area contributed by atoms with Crippen LogP contribution >= 0.6 is 0 Å². The molecule has 0 bridgehead atoms. The number of aliphatic carboxylic acids is 1. The first-order valence-electron chi connectivity index (χ1n) is 13.1. The maximum Gasteiger partial charge on any atom is 0.307 e. The van der Waals surface area contributed by atoms with Gasteiger partial charge in [-0.05, 0) is 103 Å². The Morgan fingerprint density at radius 2 is 1.94 bits per heavy atom. The van der Waals surface area contributed by atoms with Gasteiger partial charge in [-0.2, -0.15) is 0 Å². The van der Waals surface area contributed by atoms with E-state index in [4.69, 9.17) is 9.47 Å². The highest BCUT2D eigenvalue weighted by molar-refractivity contribution is 5.78. The van der Waals surface area contributed by atoms with Gasteiger partial charge in [-0.25, -0.2) is 0 Å². The van der Waals surface area contributed by atoms with E-state index in [1.165, 1.54) is 36.0 Å². The minimum absolute atomic E-state index is 0.168. The molecule has 0 amide bonds. The van der Waals surface area contributed by atoms with Gasteiger partial charge in [-0.1, -0.05) is 39.3 Å². The number of hydrogen-bond acceptors (Lipinski definition) is 3. The lowest BCUT2D eigenvalue weighted by molar-refractivity contribution is -0.139. The normalized spacial score (nSPS) is 26.8. The molecule has 2 saturated carbocycles. The lowest BCUT2D eigenvalue weighted by Gasteiger charge is -2.29. The fourth-order valence-electron chi connectivity index (χ4n) is 6.63. The Morgan fingerprint density at radius 1 is 1.09 bits per heavy atom. The summed E-state index contributed by atoms with van der Waals surface area (Å²) in [6, 6.07) is 12.9. The molecule has 2 fully saturated rings. The average molecular weight is 463 g/mol. The summed E-state index contributed by atoms with van der Waals surface area (Å²) in [5.74, 6) is 1.47. The molecule has 0 heterocycles. The highest BCUT2D eigenvalue weighted by Crippen LogP contribution is 2.60. The quantitative estimate of drug-likeness (QED) is 0.458. The number of fused-ring (bicyclic) bond motifs is 2. The molecule has 2 aromatic rings. The summed E-state index contributed by atoms with van der Waals surface area (Å²) < 4.78 is 12.4. The number of aryl methyl sites for hydroxylation is 1. The summed E-state index contributed by atoms with van der Waals surface area (Å²) in [6.45, 7) is 8.14. The van der Waals surface area contributed by atoms with Gasteiger partial charge in [0.2, 0.25) is 0 Å². The van der Waals surface area contributed by atoms with Crippen molar-refractivity contribution in [1.29, 1.82) is 0 Å². The Balaban J connectivity index is 1.36. The van der Waals surface area contributed by atoms with Crippen LogP contribution in [0.2, 0.25) is 0 Å². The highest BCUT2D eigenvalue weighted by atomic mass is 16.5. The minimum Gasteiger partial charge on any atom is -0.493 e. The number of carbonyl (C=O) groups is 1. The van der Waals surface area contributed by atoms with Gasteiger partial charge in [0.1, 0.15) is 18.1 Å². The van der Waals surface area contributed by atoms with E-state index >= 15 is 0 Å². The summed E-state index contributed by atoms with van der Waals surface area (Å²) >= 11 is 0. The van der Waals surface area contributed by atoms with E-state index in [-0.39, 0.29) is 16.7 Å². The summed E-state index contributed by atoms with van der Waals surface area (Å²) in [4.78, 5) is 11.7. The molecule has 0 aliphatic heterocycles. The zero-order valence-corrected chi connectivity index (χ0v) is 20.9. The van der Waals surface area contributed by atoms with E-state index in [1.807, 2.05) is 0 Å². The van der Waals surface area contributed by atoms with Gasteiger partial charge < -0.3 is 14.6 Å². The SMILES string of the molecule is CCCOc1ccc(COc2ccc3c(c2)C2(CCC3)CC2C(=O)O)cc1C1CCCC1(C)C. The van der Waals surface area contributed by atoms with Crippen molar-refractivity contribution in [2.75, 3.05) is 6.61 Å². The monoisotopic (exact) mass is 462 g/mol. The van der Waals surface area contributed by atoms with E-state index in [2.05, 4.69) is 57.2 Å². The summed E-state index contributed by atoms with van der Waals surface area (Å²) in [6.07, 6.45) is 8.56. The average Bonchev–Trinajstić information content (AvgIpc) is 3.43. The first-order valence-corrected chi connectivity index (χ1v) is 13.1. The molecule has 1 spiro atoms. The molecule has 0 aromatic heterocycles. The lowest BCUT2D eigenvalue weighted by Crippen LogP contribution is -2.21. The van der Waals surface area contributed by atoms with Gasteiger partial charge in [0.25, 0.3) is 0 Å². The Bertz CT molecular complexity index is 1070. The third kappa shape index (κ3) is 4.21. The molecule has 3 aliphatic rings. The van der Waals surface area contributed by atoms with Crippen LogP contribution in [0.5, 0.6) is 11.5 Å². The fourth-order valence-corrected chi connectivity index (χ4v) is 6.63. The second-order valence-corrected chi connectivity index (χ2v) is 11.4. The fraction of sp³-hybridized carbons (Fsp3) is 0.567. The van der Waals surface area contributed by atoms with Gasteiger partial charge in [0.05, 0.1) is 12.5 Å². The van der Waals surface area contributed by atoms with Crippen LogP contribution in [-0.2, 0) is 23.2 Å². The Morgan fingerprint density at radius 3 is 2.65 bits per heavy atom. The first kappa shape index (κ1) is 23.3. The van der Waals surface area contributed by atoms with Crippen molar-refractivity contribution in [3.8, 4) is 11.5 Å². The van der Waals surface area contributed by atoms with Gasteiger partial charge >= 0.3 is 5.97 Å². The van der Waals surface area contributed by atoms with Crippen molar-refractivity contribution in [2.24, 2.45) is 11.3 Å². The molecule has 2 aromatic carbocycles. The van der Waals surface area contributed by atoms with E-state index < -0.39 is 5.97 Å². The smallest absolute Gasteiger partial charge is 0.307 e. The molecule has 34 heavy (non-hydrogen) atoms. The van der Waals surface area contributed by atoms with Crippen LogP contribution in [-0.4, -0.2) is 17.7 Å². The van der Waals surface area contributed by atoms with Gasteiger partial charge in [-0.3, -0.25) is 4.79 Å². The number of carboxylic acids is 1. The summed E-state index contributed by atoms with van der Waals surface area (Å²) in [5, 5.41) is 9.61. The molecule has 5 rings (SSSR count). The van der Waals surface area contributed by atoms with E-state index in [9.17, 15) is 9.90 Å². The Kier molecular flexibility index (Phi) is 6.12. The van der Waals surface area contributed by atoms with Crippen LogP contribution in [0.1, 0.15) is 93.9 Å². The first-order chi connectivity index (χ1) is 16.3. The largest absolute Gasteiger partial charge is 0.493 e. The topological polar surface area (TPSA) is 55.8 Å². The van der Waals surface area contributed by atoms with Crippen molar-refractivity contribution in [1.82, 2.24) is 0 Å². The standard InChI is InChI=1S/C30H38O4/c1-4-15-33-27-12-9-20(16-23(27)24-8-6-13-29(24,2)3)19-34-22-11-10-21-7-5-14-30(25(21)17-22)18-26(30)28(31)32/h9-12,16-17,24,26H,4-8,13-15,18-19H2,1-3H3,(H,31,32). The van der Waals surface area contributed by atoms with Crippen LogP contribution in [0.3, 0.4) is 0 Å². The van der Waals surface area contributed by atoms with E-state index in [0.717, 1.165) is 55.8 Å². The van der Waals surface area contributed by atoms with Crippen molar-refractivity contribution in [3.63, 3.8) is 0 Å². The van der Waals surface area contributed by atoms with Crippen molar-refractivity contribution in [3.05, 3.63) is 58.7 Å². The maximum absolute atomic E-state index is 11.7. The molecule has 4 nitrogen and oxygen atoms in total. The van der Waals surface area contributed by atoms with Crippen LogP contribution < -0.4 is 9.47 Å². The number of hydrogen-bond donors (Lipinski definition) is 1. The molecule has 1 N–H and O–H groups in total. The minimum atomic E-state index is -0.660. The predicted molar refractivity (Wildman–Crippen MR) is 134 cm³/mol. The molecule has 182 valence electrons. The van der Waals surface area contributed by atoms with Crippen molar-refractivity contribution < 1.29 is 19.4 Å². The molecule has 3 atom stereocenters. The zero-order chi connectivity index (χ0) is 23.9. The van der Waals surface area contributed by atoms with Gasteiger partial charge in [0.15, 0.2) is 0 Å². The van der Waals surface area contributed by atoms with Crippen LogP contribution in [0.4, 0.5) is 0 Å². The van der Waals surface area contributed by atoms with Crippen molar-refractivity contribution in [2.45, 2.75) is 90.1 Å². The predicted octanol–water partition coefficient (Wildman–Crippen LogP) is 7.03. The second-order valence-electron chi connectivity index (χ2n) is 11.4. The maximum atomic E-state index is 11.7. The lowest BCUT2D eigenvalue weighted by atomic mass is 9.77. The third-order valence-electron chi connectivity index (χ3n) is 8.63. The Labute approximate surface area is 203 Å². The third-order valence-corrected chi connectivity index (χ3v) is 8.63. The van der Waals surface area contributed by atoms with Crippen LogP contribution in [0.15, 0.2) is 36.4 Å². The second kappa shape index (κ2) is 8.94. The molecular weight excluding hydrogens is 424 g/mol. The molecule has 0 saturated heterocycles. The number of ether oxygens (including phenoxy) is 2. The molecule has 4 heteroatoms. The van der Waals surface area contributed by atoms with E-state index in [0.29, 0.717) is 12.5 Å². The van der Waals surface area contributed by atoms with Crippen LogP contribution in [0, 0.1) is 11.3 Å².